The van der Waals surface area contributed by atoms with Crippen LogP contribution in [0.2, 0.25) is 0 Å². The van der Waals surface area contributed by atoms with E-state index in [0.29, 0.717) is 12.8 Å². The van der Waals surface area contributed by atoms with E-state index in [9.17, 15) is 18.0 Å². The van der Waals surface area contributed by atoms with Crippen LogP contribution in [0.4, 0.5) is 4.79 Å². The molecule has 19 heavy (non-hydrogen) atoms. The summed E-state index contributed by atoms with van der Waals surface area (Å²) in [5.41, 5.74) is 0. The molecule has 0 aromatic rings. The van der Waals surface area contributed by atoms with Crippen LogP contribution in [0.15, 0.2) is 0 Å². The number of ether oxygens (including phenoxy) is 1. The van der Waals surface area contributed by atoms with E-state index in [2.05, 4.69) is 15.4 Å². The maximum atomic E-state index is 11.5. The molecule has 9 heteroatoms. The first kappa shape index (κ1) is 15.7. The van der Waals surface area contributed by atoms with Gasteiger partial charge in [-0.2, -0.15) is 0 Å². The van der Waals surface area contributed by atoms with Gasteiger partial charge in [-0.15, -0.1) is 0 Å². The van der Waals surface area contributed by atoms with Gasteiger partial charge in [-0.25, -0.2) is 18.0 Å². The van der Waals surface area contributed by atoms with Crippen LogP contribution in [0.5, 0.6) is 0 Å². The molecule has 0 saturated carbocycles. The van der Waals surface area contributed by atoms with Crippen LogP contribution in [-0.4, -0.2) is 62.8 Å². The molecule has 1 fully saturated rings. The molecule has 2 amide bonds. The lowest BCUT2D eigenvalue weighted by Gasteiger charge is -2.23. The van der Waals surface area contributed by atoms with Crippen molar-refractivity contribution in [3.05, 3.63) is 0 Å². The van der Waals surface area contributed by atoms with E-state index < -0.39 is 27.9 Å². The fraction of sp³-hybridized carbons (Fsp3) is 0.800. The highest BCUT2D eigenvalue weighted by atomic mass is 32.2. The topological polar surface area (TPSA) is 122 Å². The van der Waals surface area contributed by atoms with Gasteiger partial charge in [-0.05, 0) is 12.8 Å². The summed E-state index contributed by atoms with van der Waals surface area (Å²) in [5, 5.41) is 13.7. The number of amides is 2. The van der Waals surface area contributed by atoms with Crippen molar-refractivity contribution in [2.24, 2.45) is 0 Å². The van der Waals surface area contributed by atoms with E-state index in [4.69, 9.17) is 5.11 Å². The SMILES string of the molecule is COC(CNC(=O)NC1CCS(=O)(=O)CC1)C(=O)O. The standard InChI is InChI=1S/C10H18N2O6S/c1-18-8(9(13)14)6-11-10(15)12-7-2-4-19(16,17)5-3-7/h7-8H,2-6H2,1H3,(H,13,14)(H2,11,12,15). The molecule has 1 rings (SSSR count). The zero-order valence-corrected chi connectivity index (χ0v) is 11.4. The maximum absolute atomic E-state index is 11.5. The molecule has 0 bridgehead atoms. The first-order chi connectivity index (χ1) is 8.84. The van der Waals surface area contributed by atoms with Crippen LogP contribution in [0.1, 0.15) is 12.8 Å². The van der Waals surface area contributed by atoms with Crippen LogP contribution in [0, 0.1) is 0 Å². The Bertz CT molecular complexity index is 421. The van der Waals surface area contributed by atoms with Crippen molar-refractivity contribution in [3.63, 3.8) is 0 Å². The molecule has 1 aliphatic rings. The average molecular weight is 294 g/mol. The Morgan fingerprint density at radius 2 is 1.95 bits per heavy atom. The third kappa shape index (κ3) is 5.43. The number of aliphatic carboxylic acids is 1. The lowest BCUT2D eigenvalue weighted by molar-refractivity contribution is -0.147. The molecule has 110 valence electrons. The highest BCUT2D eigenvalue weighted by Gasteiger charge is 2.25. The summed E-state index contributed by atoms with van der Waals surface area (Å²) in [7, 11) is -1.72. The van der Waals surface area contributed by atoms with Crippen LogP contribution in [0.25, 0.3) is 0 Å². The smallest absolute Gasteiger partial charge is 0.334 e. The van der Waals surface area contributed by atoms with Gasteiger partial charge in [0.2, 0.25) is 0 Å². The monoisotopic (exact) mass is 294 g/mol. The summed E-state index contributed by atoms with van der Waals surface area (Å²) in [5.74, 6) is -1.03. The van der Waals surface area contributed by atoms with Crippen molar-refractivity contribution >= 4 is 21.8 Å². The minimum atomic E-state index is -2.96. The van der Waals surface area contributed by atoms with Gasteiger partial charge in [0.15, 0.2) is 6.10 Å². The molecule has 1 aliphatic heterocycles. The number of hydrogen-bond donors (Lipinski definition) is 3. The Kier molecular flexibility index (Phi) is 5.55. The van der Waals surface area contributed by atoms with E-state index in [1.807, 2.05) is 0 Å². The molecule has 8 nitrogen and oxygen atoms in total. The first-order valence-electron chi connectivity index (χ1n) is 5.84. The molecular weight excluding hydrogens is 276 g/mol. The summed E-state index contributed by atoms with van der Waals surface area (Å²) in [6.45, 7) is -0.150. The molecule has 1 unspecified atom stereocenters. The zero-order chi connectivity index (χ0) is 14.5. The van der Waals surface area contributed by atoms with Gasteiger partial charge in [0, 0.05) is 13.2 Å². The van der Waals surface area contributed by atoms with Crippen LogP contribution in [0.3, 0.4) is 0 Å². The molecule has 1 heterocycles. The molecule has 0 spiro atoms. The van der Waals surface area contributed by atoms with Crippen LogP contribution < -0.4 is 10.6 Å². The maximum Gasteiger partial charge on any atom is 0.334 e. The van der Waals surface area contributed by atoms with Gasteiger partial charge >= 0.3 is 12.0 Å². The minimum absolute atomic E-state index is 0.0633. The summed E-state index contributed by atoms with van der Waals surface area (Å²) in [4.78, 5) is 22.1. The van der Waals surface area contributed by atoms with Crippen LogP contribution in [-0.2, 0) is 19.4 Å². The van der Waals surface area contributed by atoms with Gasteiger partial charge in [-0.3, -0.25) is 0 Å². The number of urea groups is 1. The first-order valence-corrected chi connectivity index (χ1v) is 7.66. The van der Waals surface area contributed by atoms with Crippen molar-refractivity contribution in [1.29, 1.82) is 0 Å². The van der Waals surface area contributed by atoms with Gasteiger partial charge in [0.05, 0.1) is 18.1 Å². The predicted octanol–water partition coefficient (Wildman–Crippen LogP) is -1.04. The second-order valence-electron chi connectivity index (χ2n) is 4.34. The van der Waals surface area contributed by atoms with Gasteiger partial charge in [-0.1, -0.05) is 0 Å². The summed E-state index contributed by atoms with van der Waals surface area (Å²) in [6, 6.07) is -0.720. The molecule has 0 radical (unpaired) electrons. The fourth-order valence-corrected chi connectivity index (χ4v) is 3.22. The van der Waals surface area contributed by atoms with Crippen molar-refractivity contribution in [1.82, 2.24) is 10.6 Å². The zero-order valence-electron chi connectivity index (χ0n) is 10.6. The molecule has 1 atom stereocenters. The average Bonchev–Trinajstić information content (AvgIpc) is 2.32. The lowest BCUT2D eigenvalue weighted by atomic mass is 10.2. The molecule has 0 aliphatic carbocycles. The van der Waals surface area contributed by atoms with Gasteiger partial charge in [0.1, 0.15) is 9.84 Å². The molecule has 1 saturated heterocycles. The highest BCUT2D eigenvalue weighted by Crippen LogP contribution is 2.11. The molecular formula is C10H18N2O6S. The van der Waals surface area contributed by atoms with E-state index in [0.717, 1.165) is 0 Å². The van der Waals surface area contributed by atoms with Crippen molar-refractivity contribution in [3.8, 4) is 0 Å². The second-order valence-corrected chi connectivity index (χ2v) is 6.65. The molecule has 3 N–H and O–H groups in total. The number of carboxylic acids is 1. The van der Waals surface area contributed by atoms with E-state index >= 15 is 0 Å². The quantitative estimate of drug-likeness (QED) is 0.595. The number of rotatable bonds is 5. The van der Waals surface area contributed by atoms with Gasteiger partial charge < -0.3 is 20.5 Å². The Hall–Kier alpha value is -1.35. The number of methoxy groups -OCH3 is 1. The van der Waals surface area contributed by atoms with E-state index in [1.165, 1.54) is 7.11 Å². The third-order valence-corrected chi connectivity index (χ3v) is 4.61. The number of carboxylic acid groups (broad SMARTS) is 1. The fourth-order valence-electron chi connectivity index (χ4n) is 1.73. The summed E-state index contributed by atoms with van der Waals surface area (Å²) < 4.78 is 27.1. The number of carbonyl (C=O) groups is 2. The minimum Gasteiger partial charge on any atom is -0.479 e. The molecule has 0 aromatic heterocycles. The Morgan fingerprint density at radius 3 is 2.42 bits per heavy atom. The van der Waals surface area contributed by atoms with E-state index in [-0.39, 0.29) is 24.1 Å². The largest absolute Gasteiger partial charge is 0.479 e. The van der Waals surface area contributed by atoms with Crippen LogP contribution >= 0.6 is 0 Å². The second kappa shape index (κ2) is 6.71. The lowest BCUT2D eigenvalue weighted by Crippen LogP contribution is -2.48. The molecule has 0 aromatic carbocycles. The normalized spacial score (nSPS) is 20.5. The Balaban J connectivity index is 2.30. The van der Waals surface area contributed by atoms with Crippen molar-refractivity contribution in [2.75, 3.05) is 25.2 Å². The number of nitrogens with one attached hydrogen (secondary N) is 2. The Morgan fingerprint density at radius 1 is 1.37 bits per heavy atom. The predicted molar refractivity (Wildman–Crippen MR) is 66.6 cm³/mol. The summed E-state index contributed by atoms with van der Waals surface area (Å²) >= 11 is 0. The summed E-state index contributed by atoms with van der Waals surface area (Å²) in [6.07, 6.45) is -0.345. The third-order valence-electron chi connectivity index (χ3n) is 2.90. The number of sulfone groups is 1. The van der Waals surface area contributed by atoms with E-state index in [1.54, 1.807) is 0 Å². The number of hydrogen-bond acceptors (Lipinski definition) is 5. The van der Waals surface area contributed by atoms with Crippen molar-refractivity contribution < 1.29 is 27.9 Å². The van der Waals surface area contributed by atoms with Gasteiger partial charge in [0.25, 0.3) is 0 Å². The number of carbonyl (C=O) groups excluding carboxylic acids is 1. The van der Waals surface area contributed by atoms with Crippen molar-refractivity contribution in [2.45, 2.75) is 25.0 Å². The highest BCUT2D eigenvalue weighted by molar-refractivity contribution is 7.91. The Labute approximate surface area is 111 Å².